The van der Waals surface area contributed by atoms with Crippen LogP contribution in [0.2, 0.25) is 0 Å². The lowest BCUT2D eigenvalue weighted by atomic mass is 10.2. The molecule has 1 N–H and O–H groups in total. The molecule has 9 heteroatoms. The zero-order chi connectivity index (χ0) is 23.2. The molecular formula is C24H22N4O5. The maximum absolute atomic E-state index is 13.3. The molecule has 0 radical (unpaired) electrons. The van der Waals surface area contributed by atoms with Crippen LogP contribution in [0.25, 0.3) is 6.08 Å². The molecule has 4 rings (SSSR count). The van der Waals surface area contributed by atoms with Crippen LogP contribution in [-0.4, -0.2) is 47.8 Å². The first-order chi connectivity index (χ1) is 16.0. The number of nitrogens with zero attached hydrogens (tertiary/aromatic N) is 3. The second kappa shape index (κ2) is 9.82. The number of furan rings is 1. The Morgan fingerprint density at radius 3 is 2.24 bits per heavy atom. The number of anilines is 1. The summed E-state index contributed by atoms with van der Waals surface area (Å²) in [6, 6.07) is 18.4. The lowest BCUT2D eigenvalue weighted by Crippen LogP contribution is -2.50. The number of hydrogen-bond donors (Lipinski definition) is 1. The zero-order valence-electron chi connectivity index (χ0n) is 17.7. The second-order valence-electron chi connectivity index (χ2n) is 7.45. The molecule has 1 aliphatic heterocycles. The highest BCUT2D eigenvalue weighted by Crippen LogP contribution is 2.21. The number of piperazine rings is 1. The van der Waals surface area contributed by atoms with Crippen molar-refractivity contribution in [1.82, 2.24) is 10.2 Å². The largest absolute Gasteiger partial charge is 0.465 e. The molecule has 3 aromatic rings. The third-order valence-electron chi connectivity index (χ3n) is 5.34. The maximum atomic E-state index is 13.3. The third kappa shape index (κ3) is 5.27. The topological polar surface area (TPSA) is 109 Å². The monoisotopic (exact) mass is 446 g/mol. The van der Waals surface area contributed by atoms with Crippen molar-refractivity contribution < 1.29 is 18.9 Å². The minimum absolute atomic E-state index is 0.0365. The lowest BCUT2D eigenvalue weighted by Gasteiger charge is -2.36. The Hall–Kier alpha value is -4.40. The Morgan fingerprint density at radius 2 is 1.64 bits per heavy atom. The summed E-state index contributed by atoms with van der Waals surface area (Å²) in [5.41, 5.74) is 1.46. The van der Waals surface area contributed by atoms with E-state index in [9.17, 15) is 19.7 Å². The number of nitrogens with one attached hydrogen (secondary N) is 1. The number of nitro groups is 1. The number of amides is 2. The van der Waals surface area contributed by atoms with E-state index in [1.54, 1.807) is 53.4 Å². The van der Waals surface area contributed by atoms with Gasteiger partial charge in [-0.25, -0.2) is 0 Å². The number of carbonyl (C=O) groups excluding carboxylic acids is 2. The first-order valence-corrected chi connectivity index (χ1v) is 10.4. The predicted molar refractivity (Wildman–Crippen MR) is 122 cm³/mol. The normalized spacial score (nSPS) is 14.1. The Kier molecular flexibility index (Phi) is 6.49. The summed E-state index contributed by atoms with van der Waals surface area (Å²) >= 11 is 0. The summed E-state index contributed by atoms with van der Waals surface area (Å²) in [5.74, 6) is -0.235. The van der Waals surface area contributed by atoms with Gasteiger partial charge >= 0.3 is 0 Å². The molecule has 0 spiro atoms. The van der Waals surface area contributed by atoms with E-state index in [4.69, 9.17) is 4.42 Å². The van der Waals surface area contributed by atoms with Gasteiger partial charge in [-0.3, -0.25) is 19.7 Å². The van der Waals surface area contributed by atoms with Gasteiger partial charge in [0.25, 0.3) is 17.5 Å². The summed E-state index contributed by atoms with van der Waals surface area (Å²) < 4.78 is 5.34. The Bertz CT molecular complexity index is 1150. The van der Waals surface area contributed by atoms with Gasteiger partial charge in [0.05, 0.1) is 11.2 Å². The second-order valence-corrected chi connectivity index (χ2v) is 7.45. The van der Waals surface area contributed by atoms with E-state index in [0.29, 0.717) is 37.5 Å². The molecule has 0 saturated carbocycles. The van der Waals surface area contributed by atoms with E-state index < -0.39 is 4.92 Å². The van der Waals surface area contributed by atoms with Crippen LogP contribution in [-0.2, 0) is 4.79 Å². The maximum Gasteiger partial charge on any atom is 0.270 e. The molecule has 1 aliphatic rings. The van der Waals surface area contributed by atoms with Gasteiger partial charge in [0.2, 0.25) is 0 Å². The van der Waals surface area contributed by atoms with Crippen molar-refractivity contribution in [3.05, 3.63) is 100 Å². The van der Waals surface area contributed by atoms with Crippen LogP contribution in [0, 0.1) is 10.1 Å². The van der Waals surface area contributed by atoms with Gasteiger partial charge in [0, 0.05) is 55.6 Å². The molecule has 0 atom stereocenters. The number of benzene rings is 2. The molecule has 0 unspecified atom stereocenters. The van der Waals surface area contributed by atoms with E-state index in [-0.39, 0.29) is 23.2 Å². The van der Waals surface area contributed by atoms with E-state index in [1.165, 1.54) is 24.5 Å². The van der Waals surface area contributed by atoms with E-state index >= 15 is 0 Å². The van der Waals surface area contributed by atoms with Crippen molar-refractivity contribution >= 4 is 29.3 Å². The summed E-state index contributed by atoms with van der Waals surface area (Å²) in [4.78, 5) is 40.1. The molecule has 2 amide bonds. The van der Waals surface area contributed by atoms with Crippen LogP contribution in [0.4, 0.5) is 11.4 Å². The predicted octanol–water partition coefficient (Wildman–Crippen LogP) is 3.31. The van der Waals surface area contributed by atoms with Crippen LogP contribution < -0.4 is 10.2 Å². The lowest BCUT2D eigenvalue weighted by molar-refractivity contribution is -0.384. The quantitative estimate of drug-likeness (QED) is 0.354. The van der Waals surface area contributed by atoms with Gasteiger partial charge in [0.1, 0.15) is 11.5 Å². The molecule has 33 heavy (non-hydrogen) atoms. The zero-order valence-corrected chi connectivity index (χ0v) is 17.7. The van der Waals surface area contributed by atoms with Crippen LogP contribution >= 0.6 is 0 Å². The first kappa shape index (κ1) is 21.8. The number of carbonyl (C=O) groups is 2. The van der Waals surface area contributed by atoms with Crippen molar-refractivity contribution in [3.63, 3.8) is 0 Å². The van der Waals surface area contributed by atoms with Crippen LogP contribution in [0.5, 0.6) is 0 Å². The average Bonchev–Trinajstić information content (AvgIpc) is 3.37. The highest BCUT2D eigenvalue weighted by atomic mass is 16.6. The highest BCUT2D eigenvalue weighted by molar-refractivity contribution is 6.05. The Morgan fingerprint density at radius 1 is 0.939 bits per heavy atom. The molecule has 2 aromatic carbocycles. The molecule has 1 aromatic heterocycles. The minimum Gasteiger partial charge on any atom is -0.465 e. The molecule has 1 saturated heterocycles. The van der Waals surface area contributed by atoms with Crippen molar-refractivity contribution in [2.45, 2.75) is 0 Å². The molecule has 0 aliphatic carbocycles. The fourth-order valence-electron chi connectivity index (χ4n) is 3.57. The van der Waals surface area contributed by atoms with E-state index in [0.717, 1.165) is 5.69 Å². The Labute approximate surface area is 190 Å². The molecule has 2 heterocycles. The van der Waals surface area contributed by atoms with Gasteiger partial charge < -0.3 is 19.5 Å². The summed E-state index contributed by atoms with van der Waals surface area (Å²) in [5, 5.41) is 13.6. The smallest absolute Gasteiger partial charge is 0.270 e. The summed E-state index contributed by atoms with van der Waals surface area (Å²) in [7, 11) is 0. The molecule has 1 fully saturated rings. The van der Waals surface area contributed by atoms with E-state index in [1.807, 2.05) is 6.07 Å². The first-order valence-electron chi connectivity index (χ1n) is 10.4. The van der Waals surface area contributed by atoms with Gasteiger partial charge in [-0.05, 0) is 36.4 Å². The molecular weight excluding hydrogens is 424 g/mol. The van der Waals surface area contributed by atoms with Crippen LogP contribution in [0.1, 0.15) is 16.1 Å². The van der Waals surface area contributed by atoms with Crippen molar-refractivity contribution in [2.24, 2.45) is 0 Å². The number of rotatable bonds is 6. The minimum atomic E-state index is -0.434. The SMILES string of the molecule is O=C(NC(=Cc1ccco1)C(=O)N1CCN(c2ccc([N+](=O)[O-])cc2)CC1)c1ccccc1. The number of non-ortho nitro benzene ring substituents is 1. The van der Waals surface area contributed by atoms with Crippen molar-refractivity contribution in [2.75, 3.05) is 31.1 Å². The Balaban J connectivity index is 1.45. The van der Waals surface area contributed by atoms with Crippen LogP contribution in [0.3, 0.4) is 0 Å². The molecule has 168 valence electrons. The van der Waals surface area contributed by atoms with Gasteiger partial charge in [-0.1, -0.05) is 18.2 Å². The molecule has 0 bridgehead atoms. The fourth-order valence-corrected chi connectivity index (χ4v) is 3.57. The summed E-state index contributed by atoms with van der Waals surface area (Å²) in [6.07, 6.45) is 3.02. The van der Waals surface area contributed by atoms with Crippen molar-refractivity contribution in [1.29, 1.82) is 0 Å². The average molecular weight is 446 g/mol. The van der Waals surface area contributed by atoms with Crippen LogP contribution in [0.15, 0.2) is 83.1 Å². The van der Waals surface area contributed by atoms with Gasteiger partial charge in [-0.15, -0.1) is 0 Å². The molecule has 9 nitrogen and oxygen atoms in total. The number of nitro benzene ring substituents is 1. The highest BCUT2D eigenvalue weighted by Gasteiger charge is 2.25. The number of hydrogen-bond acceptors (Lipinski definition) is 6. The standard InChI is InChI=1S/C24H22N4O5/c29-23(18-5-2-1-3-6-18)25-22(17-21-7-4-16-33-21)24(30)27-14-12-26(13-15-27)19-8-10-20(11-9-19)28(31)32/h1-11,16-17H,12-15H2,(H,25,29). The van der Waals surface area contributed by atoms with Gasteiger partial charge in [-0.2, -0.15) is 0 Å². The summed E-state index contributed by atoms with van der Waals surface area (Å²) in [6.45, 7) is 1.99. The third-order valence-corrected chi connectivity index (χ3v) is 5.34. The van der Waals surface area contributed by atoms with Gasteiger partial charge in [0.15, 0.2) is 0 Å². The van der Waals surface area contributed by atoms with E-state index in [2.05, 4.69) is 10.2 Å². The fraction of sp³-hybridized carbons (Fsp3) is 0.167. The van der Waals surface area contributed by atoms with Crippen molar-refractivity contribution in [3.8, 4) is 0 Å².